The fourth-order valence-corrected chi connectivity index (χ4v) is 7.10. The Hall–Kier alpha value is -3.90. The molecule has 0 spiro atoms. The highest BCUT2D eigenvalue weighted by Gasteiger charge is 2.46. The van der Waals surface area contributed by atoms with Gasteiger partial charge in [-0.15, -0.1) is 0 Å². The van der Waals surface area contributed by atoms with E-state index >= 15 is 0 Å². The van der Waals surface area contributed by atoms with Gasteiger partial charge in [-0.1, -0.05) is 6.07 Å². The van der Waals surface area contributed by atoms with Crippen LogP contribution in [0.15, 0.2) is 61.1 Å². The van der Waals surface area contributed by atoms with E-state index in [0.717, 1.165) is 56.3 Å². The minimum Gasteiger partial charge on any atom is -0.384 e. The van der Waals surface area contributed by atoms with Crippen LogP contribution in [0.2, 0.25) is 0 Å². The maximum absolute atomic E-state index is 13.2. The molecule has 1 aromatic carbocycles. The highest BCUT2D eigenvalue weighted by Crippen LogP contribution is 2.41. The minimum absolute atomic E-state index is 0. The Kier molecular flexibility index (Phi) is 8.38. The number of fused-ring (bicyclic) bond motifs is 1. The summed E-state index contributed by atoms with van der Waals surface area (Å²) in [6, 6.07) is 10.2. The van der Waals surface area contributed by atoms with Crippen LogP contribution in [0.4, 0.5) is 13.2 Å². The lowest BCUT2D eigenvalue weighted by Crippen LogP contribution is -2.56. The average molecular weight is 613 g/mol. The summed E-state index contributed by atoms with van der Waals surface area (Å²) in [7, 11) is 0. The Morgan fingerprint density at radius 1 is 0.977 bits per heavy atom. The summed E-state index contributed by atoms with van der Waals surface area (Å²) in [6.45, 7) is 1.24. The topological polar surface area (TPSA) is 112 Å². The highest BCUT2D eigenvalue weighted by molar-refractivity contribution is 5.96. The SMILES string of the molecule is O=C(NCC(=O)N1CC[C@@H]2[C@H]1CCCN2C1CCC(O)(c2ccc(-c3ncccn3)cn2)CC1)c1cccc(C(F)(F)F)c1.[HH].[HH]. The molecular weight excluding hydrogens is 573 g/mol. The van der Waals surface area contributed by atoms with Crippen LogP contribution in [0.5, 0.6) is 0 Å². The Balaban J connectivity index is 0.00000240. The van der Waals surface area contributed by atoms with Gasteiger partial charge in [-0.05, 0) is 87.9 Å². The van der Waals surface area contributed by atoms with Gasteiger partial charge in [-0.3, -0.25) is 19.5 Å². The van der Waals surface area contributed by atoms with E-state index in [0.29, 0.717) is 30.9 Å². The van der Waals surface area contributed by atoms with Gasteiger partial charge in [0.05, 0.1) is 17.8 Å². The Morgan fingerprint density at radius 3 is 2.45 bits per heavy atom. The molecule has 12 heteroatoms. The highest BCUT2D eigenvalue weighted by atomic mass is 19.4. The number of carbonyl (C=O) groups is 2. The van der Waals surface area contributed by atoms with Gasteiger partial charge in [0.2, 0.25) is 5.91 Å². The molecule has 2 atom stereocenters. The predicted molar refractivity (Wildman–Crippen MR) is 159 cm³/mol. The Morgan fingerprint density at radius 2 is 1.75 bits per heavy atom. The number of hydrogen-bond acceptors (Lipinski definition) is 7. The maximum Gasteiger partial charge on any atom is 0.416 e. The lowest BCUT2D eigenvalue weighted by Gasteiger charge is -2.47. The molecule has 1 saturated carbocycles. The average Bonchev–Trinajstić information content (AvgIpc) is 3.49. The third-order valence-electron chi connectivity index (χ3n) is 9.34. The van der Waals surface area contributed by atoms with E-state index in [-0.39, 0.29) is 39.0 Å². The Bertz CT molecular complexity index is 1490. The summed E-state index contributed by atoms with van der Waals surface area (Å²) >= 11 is 0. The molecule has 1 aliphatic carbocycles. The lowest BCUT2D eigenvalue weighted by molar-refractivity contribution is -0.137. The van der Waals surface area contributed by atoms with Crippen LogP contribution >= 0.6 is 0 Å². The van der Waals surface area contributed by atoms with Gasteiger partial charge in [0, 0.05) is 57.2 Å². The molecule has 4 heterocycles. The lowest BCUT2D eigenvalue weighted by atomic mass is 9.78. The molecule has 3 aliphatic rings. The first kappa shape index (κ1) is 30.1. The van der Waals surface area contributed by atoms with E-state index in [9.17, 15) is 27.9 Å². The number of hydrogen-bond donors (Lipinski definition) is 2. The summed E-state index contributed by atoms with van der Waals surface area (Å²) < 4.78 is 39.1. The van der Waals surface area contributed by atoms with Crippen LogP contribution in [0.25, 0.3) is 11.4 Å². The van der Waals surface area contributed by atoms with Crippen LogP contribution in [0.1, 0.15) is 69.4 Å². The first-order chi connectivity index (χ1) is 21.1. The summed E-state index contributed by atoms with van der Waals surface area (Å²) in [5, 5.41) is 14.0. The second kappa shape index (κ2) is 12.2. The van der Waals surface area contributed by atoms with Crippen molar-refractivity contribution in [2.75, 3.05) is 19.6 Å². The zero-order valence-electron chi connectivity index (χ0n) is 24.2. The molecule has 9 nitrogen and oxygen atoms in total. The van der Waals surface area contributed by atoms with E-state index in [1.807, 2.05) is 17.0 Å². The Labute approximate surface area is 256 Å². The molecular formula is C32H39F3N6O3. The number of likely N-dealkylation sites (tertiary alicyclic amines) is 2. The van der Waals surface area contributed by atoms with E-state index < -0.39 is 23.2 Å². The zero-order valence-corrected chi connectivity index (χ0v) is 24.2. The third-order valence-corrected chi connectivity index (χ3v) is 9.34. The third kappa shape index (κ3) is 6.18. The van der Waals surface area contributed by atoms with E-state index in [1.54, 1.807) is 24.7 Å². The number of rotatable bonds is 6. The fraction of sp³-hybridized carbons (Fsp3) is 0.469. The number of nitrogens with zero attached hydrogens (tertiary/aromatic N) is 5. The van der Waals surface area contributed by atoms with Crippen molar-refractivity contribution in [3.8, 4) is 11.4 Å². The van der Waals surface area contributed by atoms with Gasteiger partial charge in [-0.2, -0.15) is 13.2 Å². The van der Waals surface area contributed by atoms with Crippen LogP contribution < -0.4 is 5.32 Å². The summed E-state index contributed by atoms with van der Waals surface area (Å²) in [5.74, 6) is -0.352. The van der Waals surface area contributed by atoms with Crippen molar-refractivity contribution in [2.45, 2.75) is 74.8 Å². The molecule has 2 N–H and O–H groups in total. The number of piperidine rings is 1. The van der Waals surface area contributed by atoms with Crippen LogP contribution in [-0.4, -0.2) is 79.4 Å². The number of aromatic nitrogens is 3. The van der Waals surface area contributed by atoms with E-state index in [4.69, 9.17) is 0 Å². The number of halogens is 3. The molecule has 6 rings (SSSR count). The molecule has 2 aromatic heterocycles. The van der Waals surface area contributed by atoms with Crippen LogP contribution in [-0.2, 0) is 16.6 Å². The number of nitrogens with one attached hydrogen (secondary N) is 1. The van der Waals surface area contributed by atoms with Crippen molar-refractivity contribution in [3.05, 3.63) is 77.9 Å². The van der Waals surface area contributed by atoms with Gasteiger partial charge in [0.1, 0.15) is 5.60 Å². The monoisotopic (exact) mass is 612 g/mol. The maximum atomic E-state index is 13.2. The first-order valence-corrected chi connectivity index (χ1v) is 15.1. The van der Waals surface area contributed by atoms with Crippen molar-refractivity contribution in [3.63, 3.8) is 0 Å². The molecule has 44 heavy (non-hydrogen) atoms. The molecule has 2 saturated heterocycles. The number of aliphatic hydroxyl groups is 1. The normalized spacial score (nSPS) is 25.8. The van der Waals surface area contributed by atoms with Crippen molar-refractivity contribution in [1.29, 1.82) is 0 Å². The van der Waals surface area contributed by atoms with Crippen LogP contribution in [0, 0.1) is 0 Å². The number of benzene rings is 1. The smallest absolute Gasteiger partial charge is 0.384 e. The minimum atomic E-state index is -4.55. The molecule has 3 fully saturated rings. The quantitative estimate of drug-likeness (QED) is 0.416. The molecule has 236 valence electrons. The molecule has 0 radical (unpaired) electrons. The summed E-state index contributed by atoms with van der Waals surface area (Å²) in [4.78, 5) is 43.1. The van der Waals surface area contributed by atoms with E-state index in [2.05, 4.69) is 25.2 Å². The largest absolute Gasteiger partial charge is 0.416 e. The van der Waals surface area contributed by atoms with Crippen molar-refractivity contribution >= 4 is 11.8 Å². The standard InChI is InChI=1S/C32H35F3N6O3.2H2/c33-32(34,35)23-5-1-4-21(18-23)30(43)39-20-28(42)41-17-11-26-25(41)6-2-16-40(26)24-9-12-31(44,13-10-24)27-8-7-22(19-38-27)29-36-14-3-15-37-29;;/h1,3-5,7-8,14-15,18-19,24-26,44H,2,6,9-13,16-17,20H2,(H,39,43);2*1H/t24?,25-,26-,31?;;/m1../s1. The number of amides is 2. The molecule has 0 bridgehead atoms. The van der Waals surface area contributed by atoms with Crippen molar-refractivity contribution < 1.29 is 30.7 Å². The number of carbonyl (C=O) groups excluding carboxylic acids is 2. The van der Waals surface area contributed by atoms with Gasteiger partial charge in [0.15, 0.2) is 5.82 Å². The number of pyridine rings is 1. The molecule has 2 aliphatic heterocycles. The van der Waals surface area contributed by atoms with Gasteiger partial charge in [0.25, 0.3) is 5.91 Å². The molecule has 3 aromatic rings. The van der Waals surface area contributed by atoms with Gasteiger partial charge < -0.3 is 15.3 Å². The number of alkyl halides is 3. The van der Waals surface area contributed by atoms with E-state index in [1.165, 1.54) is 12.1 Å². The summed E-state index contributed by atoms with van der Waals surface area (Å²) in [5.41, 5.74) is -0.602. The van der Waals surface area contributed by atoms with Crippen molar-refractivity contribution in [1.82, 2.24) is 30.1 Å². The second-order valence-corrected chi connectivity index (χ2v) is 11.9. The zero-order chi connectivity index (χ0) is 30.9. The van der Waals surface area contributed by atoms with Gasteiger partial charge in [-0.25, -0.2) is 9.97 Å². The fourth-order valence-electron chi connectivity index (χ4n) is 7.10. The van der Waals surface area contributed by atoms with Crippen LogP contribution in [0.3, 0.4) is 0 Å². The predicted octanol–water partition coefficient (Wildman–Crippen LogP) is 4.67. The second-order valence-electron chi connectivity index (χ2n) is 11.9. The molecule has 2 amide bonds. The first-order valence-electron chi connectivity index (χ1n) is 15.1. The summed E-state index contributed by atoms with van der Waals surface area (Å²) in [6.07, 6.45) is 5.93. The van der Waals surface area contributed by atoms with Gasteiger partial charge >= 0.3 is 6.18 Å². The van der Waals surface area contributed by atoms with Crippen molar-refractivity contribution in [2.24, 2.45) is 0 Å². The molecule has 0 unspecified atom stereocenters.